The van der Waals surface area contributed by atoms with Crippen molar-refractivity contribution in [1.29, 1.82) is 0 Å². The highest BCUT2D eigenvalue weighted by atomic mass is 19.3. The van der Waals surface area contributed by atoms with Crippen LogP contribution in [0.1, 0.15) is 73.5 Å². The molecule has 0 bridgehead atoms. The predicted octanol–water partition coefficient (Wildman–Crippen LogP) is 4.04. The highest BCUT2D eigenvalue weighted by Crippen LogP contribution is 2.34. The molecule has 0 spiro atoms. The molecule has 0 radical (unpaired) electrons. The number of carbonyl (C=O) groups is 2. The van der Waals surface area contributed by atoms with E-state index < -0.39 is 18.0 Å². The first-order valence-electron chi connectivity index (χ1n) is 11.8. The Morgan fingerprint density at radius 1 is 1.15 bits per heavy atom. The van der Waals surface area contributed by atoms with Crippen LogP contribution in [-0.4, -0.2) is 49.7 Å². The molecule has 1 saturated heterocycles. The molecule has 1 aliphatic heterocycles. The van der Waals surface area contributed by atoms with Gasteiger partial charge in [-0.1, -0.05) is 0 Å². The normalized spacial score (nSPS) is 21.2. The van der Waals surface area contributed by atoms with E-state index in [9.17, 15) is 18.4 Å². The van der Waals surface area contributed by atoms with Gasteiger partial charge in [0.15, 0.2) is 11.3 Å². The molecule has 1 aliphatic carbocycles. The van der Waals surface area contributed by atoms with E-state index >= 15 is 0 Å². The minimum atomic E-state index is -2.84. The summed E-state index contributed by atoms with van der Waals surface area (Å²) in [7, 11) is 0. The van der Waals surface area contributed by atoms with Crippen LogP contribution >= 0.6 is 0 Å². The van der Waals surface area contributed by atoms with Crippen LogP contribution in [0.15, 0.2) is 24.7 Å². The van der Waals surface area contributed by atoms with Crippen LogP contribution in [0, 0.1) is 5.92 Å². The summed E-state index contributed by atoms with van der Waals surface area (Å²) in [6.45, 7) is 1.81. The molecular formula is C23H27F2N7O2. The number of anilines is 2. The third-order valence-electron chi connectivity index (χ3n) is 6.80. The van der Waals surface area contributed by atoms with Crippen LogP contribution in [0.5, 0.6) is 0 Å². The lowest BCUT2D eigenvalue weighted by atomic mass is 9.87. The van der Waals surface area contributed by atoms with Crippen LogP contribution in [0.4, 0.5) is 20.3 Å². The molecule has 3 aromatic rings. The Kier molecular flexibility index (Phi) is 6.25. The molecule has 2 fully saturated rings. The summed E-state index contributed by atoms with van der Waals surface area (Å²) in [5.41, 5.74) is 0.0883. The molecule has 5 rings (SSSR count). The maximum absolute atomic E-state index is 13.7. The summed E-state index contributed by atoms with van der Waals surface area (Å²) < 4.78 is 30.4. The first kappa shape index (κ1) is 22.4. The Hall–Kier alpha value is -3.37. The van der Waals surface area contributed by atoms with E-state index in [1.807, 2.05) is 6.07 Å². The average molecular weight is 472 g/mol. The molecule has 3 aromatic heterocycles. The monoisotopic (exact) mass is 471 g/mol. The number of piperidine rings is 1. The summed E-state index contributed by atoms with van der Waals surface area (Å²) in [6.07, 6.45) is 8.87. The van der Waals surface area contributed by atoms with Gasteiger partial charge in [0.25, 0.3) is 12.3 Å². The molecular weight excluding hydrogens is 444 g/mol. The van der Waals surface area contributed by atoms with Gasteiger partial charge in [-0.3, -0.25) is 9.48 Å². The van der Waals surface area contributed by atoms with Gasteiger partial charge in [-0.15, -0.1) is 0 Å². The fourth-order valence-corrected chi connectivity index (χ4v) is 4.86. The molecule has 1 amide bonds. The second kappa shape index (κ2) is 9.47. The van der Waals surface area contributed by atoms with Gasteiger partial charge < -0.3 is 15.0 Å². The van der Waals surface area contributed by atoms with Gasteiger partial charge in [-0.05, 0) is 51.0 Å². The Balaban J connectivity index is 1.38. The molecule has 4 heterocycles. The summed E-state index contributed by atoms with van der Waals surface area (Å²) in [5.74, 6) is 0.219. The van der Waals surface area contributed by atoms with Crippen LogP contribution in [0.2, 0.25) is 0 Å². The Morgan fingerprint density at radius 3 is 2.62 bits per heavy atom. The zero-order valence-corrected chi connectivity index (χ0v) is 18.7. The lowest BCUT2D eigenvalue weighted by molar-refractivity contribution is -0.112. The smallest absolute Gasteiger partial charge is 0.284 e. The third-order valence-corrected chi connectivity index (χ3v) is 6.80. The first-order chi connectivity index (χ1) is 16.5. The van der Waals surface area contributed by atoms with Crippen molar-refractivity contribution in [1.82, 2.24) is 24.4 Å². The van der Waals surface area contributed by atoms with E-state index in [1.54, 1.807) is 6.20 Å². The first-order valence-corrected chi connectivity index (χ1v) is 11.8. The van der Waals surface area contributed by atoms with Crippen molar-refractivity contribution in [2.75, 3.05) is 23.3 Å². The number of aromatic nitrogens is 5. The summed E-state index contributed by atoms with van der Waals surface area (Å²) in [5, 5.41) is 10.9. The molecule has 1 N–H and O–H groups in total. The highest BCUT2D eigenvalue weighted by molar-refractivity contribution is 6.08. The van der Waals surface area contributed by atoms with Gasteiger partial charge in [0.1, 0.15) is 17.7 Å². The standard InChI is InChI=1S/C23H27F2N7O2/c24-21(25)20-18(13-32(29-20)16-6-4-15(14-33)5-7-16)27-23(34)17-12-26-31-11-8-19(28-22(17)31)30-9-2-1-3-10-30/h8,11-16,21H,1-7,9-10H2,(H,27,34). The second-order valence-electron chi connectivity index (χ2n) is 9.03. The van der Waals surface area contributed by atoms with Gasteiger partial charge >= 0.3 is 0 Å². The largest absolute Gasteiger partial charge is 0.357 e. The molecule has 9 nitrogen and oxygen atoms in total. The number of hydrogen-bond donors (Lipinski definition) is 1. The van der Waals surface area contributed by atoms with Crippen LogP contribution in [0.3, 0.4) is 0 Å². The number of carbonyl (C=O) groups excluding carboxylic acids is 2. The average Bonchev–Trinajstić information content (AvgIpc) is 3.49. The number of nitrogens with one attached hydrogen (secondary N) is 1. The zero-order valence-electron chi connectivity index (χ0n) is 18.7. The molecule has 0 aromatic carbocycles. The van der Waals surface area contributed by atoms with E-state index in [0.717, 1.165) is 38.0 Å². The van der Waals surface area contributed by atoms with Crippen LogP contribution in [-0.2, 0) is 4.79 Å². The minimum Gasteiger partial charge on any atom is -0.357 e. The van der Waals surface area contributed by atoms with Crippen LogP contribution < -0.4 is 10.2 Å². The number of hydrogen-bond acceptors (Lipinski definition) is 6. The van der Waals surface area contributed by atoms with E-state index in [-0.39, 0.29) is 23.2 Å². The SMILES string of the molecule is O=CC1CCC(n2cc(NC(=O)c3cnn4ccc(N5CCCCC5)nc34)c(C(F)F)n2)CC1. The fourth-order valence-electron chi connectivity index (χ4n) is 4.86. The van der Waals surface area contributed by atoms with Crippen molar-refractivity contribution in [3.8, 4) is 0 Å². The van der Waals surface area contributed by atoms with Gasteiger partial charge in [-0.2, -0.15) is 10.2 Å². The van der Waals surface area contributed by atoms with Crippen molar-refractivity contribution in [2.45, 2.75) is 57.4 Å². The molecule has 2 aliphatic rings. The number of fused-ring (bicyclic) bond motifs is 1. The summed E-state index contributed by atoms with van der Waals surface area (Å²) in [4.78, 5) is 30.9. The zero-order chi connectivity index (χ0) is 23.7. The number of halogens is 2. The molecule has 34 heavy (non-hydrogen) atoms. The maximum Gasteiger partial charge on any atom is 0.284 e. The number of aldehydes is 1. The van der Waals surface area contributed by atoms with Gasteiger partial charge in [0, 0.05) is 31.4 Å². The van der Waals surface area contributed by atoms with E-state index in [0.29, 0.717) is 31.3 Å². The van der Waals surface area contributed by atoms with Crippen molar-refractivity contribution >= 4 is 29.3 Å². The number of nitrogens with zero attached hydrogens (tertiary/aromatic N) is 6. The number of rotatable bonds is 6. The van der Waals surface area contributed by atoms with Gasteiger partial charge in [0.2, 0.25) is 0 Å². The molecule has 11 heteroatoms. The molecule has 0 unspecified atom stereocenters. The summed E-state index contributed by atoms with van der Waals surface area (Å²) >= 11 is 0. The topological polar surface area (TPSA) is 97.4 Å². The van der Waals surface area contributed by atoms with Gasteiger partial charge in [-0.25, -0.2) is 18.3 Å². The fraction of sp³-hybridized carbons (Fsp3) is 0.522. The highest BCUT2D eigenvalue weighted by Gasteiger charge is 2.27. The van der Waals surface area contributed by atoms with Crippen molar-refractivity contribution in [3.05, 3.63) is 35.9 Å². The van der Waals surface area contributed by atoms with E-state index in [4.69, 9.17) is 0 Å². The molecule has 180 valence electrons. The quantitative estimate of drug-likeness (QED) is 0.545. The lowest BCUT2D eigenvalue weighted by Crippen LogP contribution is -2.30. The number of amides is 1. The lowest BCUT2D eigenvalue weighted by Gasteiger charge is -2.27. The molecule has 1 saturated carbocycles. The van der Waals surface area contributed by atoms with Crippen molar-refractivity contribution in [3.63, 3.8) is 0 Å². The minimum absolute atomic E-state index is 0.0125. The predicted molar refractivity (Wildman–Crippen MR) is 121 cm³/mol. The van der Waals surface area contributed by atoms with Gasteiger partial charge in [0.05, 0.1) is 17.9 Å². The Labute approximate surface area is 195 Å². The van der Waals surface area contributed by atoms with Crippen molar-refractivity contribution < 1.29 is 18.4 Å². The third kappa shape index (κ3) is 4.38. The molecule has 0 atom stereocenters. The Morgan fingerprint density at radius 2 is 1.91 bits per heavy atom. The number of alkyl halides is 2. The summed E-state index contributed by atoms with van der Waals surface area (Å²) in [6, 6.07) is 1.79. The Bertz CT molecular complexity index is 1180. The maximum atomic E-state index is 13.7. The second-order valence-corrected chi connectivity index (χ2v) is 9.03. The van der Waals surface area contributed by atoms with Crippen molar-refractivity contribution in [2.24, 2.45) is 5.92 Å². The van der Waals surface area contributed by atoms with E-state index in [1.165, 1.54) is 28.0 Å². The van der Waals surface area contributed by atoms with E-state index in [2.05, 4.69) is 25.4 Å². The van der Waals surface area contributed by atoms with Crippen LogP contribution in [0.25, 0.3) is 5.65 Å².